The van der Waals surface area contributed by atoms with E-state index in [0.29, 0.717) is 18.4 Å². The first-order valence-corrected chi connectivity index (χ1v) is 6.79. The Kier molecular flexibility index (Phi) is 4.10. The Morgan fingerprint density at radius 1 is 1.39 bits per heavy atom. The zero-order chi connectivity index (χ0) is 13.1. The maximum Gasteiger partial charge on any atom is 0.145 e. The zero-order valence-electron chi connectivity index (χ0n) is 11.4. The van der Waals surface area contributed by atoms with Gasteiger partial charge in [-0.15, -0.1) is 0 Å². The summed E-state index contributed by atoms with van der Waals surface area (Å²) in [5, 5.41) is 3.45. The third-order valence-electron chi connectivity index (χ3n) is 3.72. The fraction of sp³-hybridized carbons (Fsp3) is 0.600. The molecule has 0 unspecified atom stereocenters. The fourth-order valence-corrected chi connectivity index (χ4v) is 2.43. The molecule has 1 fully saturated rings. The van der Waals surface area contributed by atoms with Crippen molar-refractivity contribution in [1.82, 2.24) is 0 Å². The molecule has 0 amide bonds. The predicted molar refractivity (Wildman–Crippen MR) is 72.5 cm³/mol. The number of ether oxygens (including phenoxy) is 1. The van der Waals surface area contributed by atoms with E-state index in [4.69, 9.17) is 4.74 Å². The normalized spacial score (nSPS) is 22.7. The molecule has 0 heterocycles. The molecule has 1 aromatic carbocycles. The zero-order valence-corrected chi connectivity index (χ0v) is 11.4. The van der Waals surface area contributed by atoms with Crippen LogP contribution in [0.15, 0.2) is 18.2 Å². The number of anilines is 1. The molecule has 1 saturated carbocycles. The maximum absolute atomic E-state index is 13.2. The molecule has 1 aromatic rings. The quantitative estimate of drug-likeness (QED) is 0.851. The van der Waals surface area contributed by atoms with Crippen LogP contribution in [0.25, 0.3) is 0 Å². The average molecular weight is 251 g/mol. The first kappa shape index (κ1) is 13.2. The van der Waals surface area contributed by atoms with Crippen molar-refractivity contribution in [2.75, 3.05) is 11.9 Å². The molecule has 0 radical (unpaired) electrons. The summed E-state index contributed by atoms with van der Waals surface area (Å²) in [6.45, 7) is 7.00. The highest BCUT2D eigenvalue weighted by Crippen LogP contribution is 2.37. The lowest BCUT2D eigenvalue weighted by atomic mass is 9.73. The third-order valence-corrected chi connectivity index (χ3v) is 3.72. The van der Waals surface area contributed by atoms with Crippen molar-refractivity contribution in [3.05, 3.63) is 24.0 Å². The van der Waals surface area contributed by atoms with Crippen molar-refractivity contribution in [1.29, 1.82) is 0 Å². The van der Waals surface area contributed by atoms with Crippen LogP contribution in [0.2, 0.25) is 0 Å². The highest BCUT2D eigenvalue weighted by molar-refractivity contribution is 5.57. The molecule has 1 N–H and O–H groups in total. The molecular weight excluding hydrogens is 229 g/mol. The van der Waals surface area contributed by atoms with Gasteiger partial charge in [0.2, 0.25) is 0 Å². The van der Waals surface area contributed by atoms with Gasteiger partial charge in [0.25, 0.3) is 0 Å². The molecule has 1 aliphatic rings. The van der Waals surface area contributed by atoms with E-state index in [1.807, 2.05) is 6.92 Å². The van der Waals surface area contributed by atoms with Crippen molar-refractivity contribution >= 4 is 5.69 Å². The van der Waals surface area contributed by atoms with Crippen LogP contribution < -0.4 is 10.1 Å². The summed E-state index contributed by atoms with van der Waals surface area (Å²) in [4.78, 5) is 0. The molecule has 2 nitrogen and oxygen atoms in total. The molecule has 3 heteroatoms. The number of rotatable bonds is 5. The molecule has 100 valence electrons. The summed E-state index contributed by atoms with van der Waals surface area (Å²) in [6.07, 6.45) is 2.39. The fourth-order valence-electron chi connectivity index (χ4n) is 2.43. The van der Waals surface area contributed by atoms with Crippen molar-refractivity contribution < 1.29 is 9.13 Å². The number of hydrogen-bond acceptors (Lipinski definition) is 2. The summed E-state index contributed by atoms with van der Waals surface area (Å²) < 4.78 is 18.6. The Morgan fingerprint density at radius 2 is 2.11 bits per heavy atom. The lowest BCUT2D eigenvalue weighted by Gasteiger charge is -2.39. The minimum Gasteiger partial charge on any atom is -0.492 e. The summed E-state index contributed by atoms with van der Waals surface area (Å²) in [5.74, 6) is 1.93. The van der Waals surface area contributed by atoms with Gasteiger partial charge in [0.05, 0.1) is 12.3 Å². The van der Waals surface area contributed by atoms with E-state index in [-0.39, 0.29) is 5.82 Å². The molecule has 2 rings (SSSR count). The molecule has 0 atom stereocenters. The molecular formula is C15H22FNO. The first-order chi connectivity index (χ1) is 8.60. The van der Waals surface area contributed by atoms with Gasteiger partial charge in [0, 0.05) is 12.1 Å². The van der Waals surface area contributed by atoms with E-state index in [2.05, 4.69) is 19.2 Å². The molecule has 0 saturated heterocycles. The smallest absolute Gasteiger partial charge is 0.145 e. The standard InChI is InChI=1S/C15H22FNO/c1-4-18-15-9-12(16)5-6-14(15)17-13-7-11(8-13)10(2)3/h5-6,9-11,13,17H,4,7-8H2,1-3H3. The minimum absolute atomic E-state index is 0.252. The monoisotopic (exact) mass is 251 g/mol. The molecule has 1 aliphatic carbocycles. The van der Waals surface area contributed by atoms with E-state index in [1.165, 1.54) is 25.0 Å². The average Bonchev–Trinajstić information content (AvgIpc) is 2.25. The molecule has 0 bridgehead atoms. The minimum atomic E-state index is -0.252. The summed E-state index contributed by atoms with van der Waals surface area (Å²) in [7, 11) is 0. The molecule has 18 heavy (non-hydrogen) atoms. The van der Waals surface area contributed by atoms with E-state index in [1.54, 1.807) is 6.07 Å². The van der Waals surface area contributed by atoms with Crippen LogP contribution in [0.3, 0.4) is 0 Å². The summed E-state index contributed by atoms with van der Waals surface area (Å²) >= 11 is 0. The lowest BCUT2D eigenvalue weighted by Crippen LogP contribution is -2.38. The van der Waals surface area contributed by atoms with Crippen LogP contribution in [0.1, 0.15) is 33.6 Å². The van der Waals surface area contributed by atoms with E-state index >= 15 is 0 Å². The lowest BCUT2D eigenvalue weighted by molar-refractivity contribution is 0.211. The SMILES string of the molecule is CCOc1cc(F)ccc1NC1CC(C(C)C)C1. The van der Waals surface area contributed by atoms with E-state index in [0.717, 1.165) is 17.5 Å². The largest absolute Gasteiger partial charge is 0.492 e. The van der Waals surface area contributed by atoms with Crippen LogP contribution >= 0.6 is 0 Å². The highest BCUT2D eigenvalue weighted by atomic mass is 19.1. The molecule has 0 spiro atoms. The van der Waals surface area contributed by atoms with Crippen molar-refractivity contribution in [3.63, 3.8) is 0 Å². The van der Waals surface area contributed by atoms with E-state index < -0.39 is 0 Å². The predicted octanol–water partition coefficient (Wildman–Crippen LogP) is 4.07. The number of benzene rings is 1. The van der Waals surface area contributed by atoms with Gasteiger partial charge in [0.15, 0.2) is 0 Å². The van der Waals surface area contributed by atoms with Gasteiger partial charge in [-0.1, -0.05) is 13.8 Å². The van der Waals surface area contributed by atoms with Crippen molar-refractivity contribution in [2.45, 2.75) is 39.7 Å². The van der Waals surface area contributed by atoms with Gasteiger partial charge < -0.3 is 10.1 Å². The van der Waals surface area contributed by atoms with Crippen LogP contribution in [-0.2, 0) is 0 Å². The Labute approximate surface area is 109 Å². The van der Waals surface area contributed by atoms with Crippen molar-refractivity contribution in [2.24, 2.45) is 11.8 Å². The number of hydrogen-bond donors (Lipinski definition) is 1. The van der Waals surface area contributed by atoms with Gasteiger partial charge in [-0.25, -0.2) is 4.39 Å². The van der Waals surface area contributed by atoms with Gasteiger partial charge >= 0.3 is 0 Å². The second-order valence-corrected chi connectivity index (χ2v) is 5.39. The first-order valence-electron chi connectivity index (χ1n) is 6.79. The van der Waals surface area contributed by atoms with Gasteiger partial charge in [-0.05, 0) is 43.7 Å². The Hall–Kier alpha value is -1.25. The van der Waals surface area contributed by atoms with Gasteiger partial charge in [0.1, 0.15) is 11.6 Å². The van der Waals surface area contributed by atoms with Gasteiger partial charge in [-0.3, -0.25) is 0 Å². The van der Waals surface area contributed by atoms with Crippen molar-refractivity contribution in [3.8, 4) is 5.75 Å². The summed E-state index contributed by atoms with van der Waals surface area (Å²) in [6, 6.07) is 5.19. The summed E-state index contributed by atoms with van der Waals surface area (Å²) in [5.41, 5.74) is 0.908. The molecule has 0 aliphatic heterocycles. The number of nitrogens with one attached hydrogen (secondary N) is 1. The Bertz CT molecular complexity index is 399. The topological polar surface area (TPSA) is 21.3 Å². The Balaban J connectivity index is 1.97. The number of halogens is 1. The van der Waals surface area contributed by atoms with Crippen LogP contribution in [-0.4, -0.2) is 12.6 Å². The highest BCUT2D eigenvalue weighted by Gasteiger charge is 2.31. The third kappa shape index (κ3) is 2.95. The second-order valence-electron chi connectivity index (χ2n) is 5.39. The van der Waals surface area contributed by atoms with Crippen LogP contribution in [0, 0.1) is 17.7 Å². The Morgan fingerprint density at radius 3 is 2.72 bits per heavy atom. The molecule has 0 aromatic heterocycles. The van der Waals surface area contributed by atoms with Gasteiger partial charge in [-0.2, -0.15) is 0 Å². The second kappa shape index (κ2) is 5.59. The van der Waals surface area contributed by atoms with E-state index in [9.17, 15) is 4.39 Å². The maximum atomic E-state index is 13.2. The van der Waals surface area contributed by atoms with Crippen LogP contribution in [0.5, 0.6) is 5.75 Å². The van der Waals surface area contributed by atoms with Crippen LogP contribution in [0.4, 0.5) is 10.1 Å².